The minimum absolute atomic E-state index is 0.0131. The number of methoxy groups -OCH3 is 4. The molecule has 3 aromatic heterocycles. The van der Waals surface area contributed by atoms with Crippen LogP contribution in [0.15, 0.2) is 24.3 Å². The van der Waals surface area contributed by atoms with Crippen LogP contribution in [0.3, 0.4) is 0 Å². The molecule has 14 nitrogen and oxygen atoms in total. The summed E-state index contributed by atoms with van der Waals surface area (Å²) in [6, 6.07) is 7.49. The second-order valence-corrected chi connectivity index (χ2v) is 14.5. The Labute approximate surface area is 319 Å². The van der Waals surface area contributed by atoms with Crippen LogP contribution < -0.4 is 0 Å². The second kappa shape index (κ2) is 17.0. The Morgan fingerprint density at radius 1 is 0.691 bits per heavy atom. The number of aromatic amines is 2. The van der Waals surface area contributed by atoms with Crippen molar-refractivity contribution in [3.63, 3.8) is 0 Å². The molecule has 2 aliphatic heterocycles. The van der Waals surface area contributed by atoms with Crippen molar-refractivity contribution in [3.8, 4) is 0 Å². The molecule has 8 bridgehead atoms. The first-order valence-electron chi connectivity index (χ1n) is 18.2. The predicted molar refractivity (Wildman–Crippen MR) is 205 cm³/mol. The van der Waals surface area contributed by atoms with E-state index < -0.39 is 42.0 Å². The third kappa shape index (κ3) is 8.65. The maximum atomic E-state index is 13.0. The highest BCUT2D eigenvalue weighted by molar-refractivity contribution is 5.92. The van der Waals surface area contributed by atoms with Crippen LogP contribution in [0.2, 0.25) is 0 Å². The number of rotatable bonds is 13. The zero-order chi connectivity index (χ0) is 40.2. The Morgan fingerprint density at radius 3 is 1.62 bits per heavy atom. The molecular formula is C41H50N4O10. The summed E-state index contributed by atoms with van der Waals surface area (Å²) in [6.45, 7) is 7.55. The first-order valence-corrected chi connectivity index (χ1v) is 18.2. The minimum atomic E-state index is -0.995. The first kappa shape index (κ1) is 40.8. The molecule has 0 aliphatic carbocycles. The van der Waals surface area contributed by atoms with E-state index in [0.29, 0.717) is 67.1 Å². The second-order valence-electron chi connectivity index (χ2n) is 14.5. The number of carbonyl (C=O) groups excluding carboxylic acids is 4. The fourth-order valence-corrected chi connectivity index (χ4v) is 7.34. The van der Waals surface area contributed by atoms with Crippen LogP contribution in [0.4, 0.5) is 0 Å². The van der Waals surface area contributed by atoms with Gasteiger partial charge in [0.2, 0.25) is 0 Å². The summed E-state index contributed by atoms with van der Waals surface area (Å²) in [5.74, 6) is -2.17. The third-order valence-corrected chi connectivity index (χ3v) is 10.8. The molecule has 5 heterocycles. The number of aromatic nitrogens is 4. The topological polar surface area (TPSA) is 203 Å². The molecule has 0 saturated carbocycles. The smallest absolute Gasteiger partial charge is 0.310 e. The molecule has 14 heteroatoms. The van der Waals surface area contributed by atoms with E-state index in [9.17, 15) is 29.4 Å². The molecule has 2 unspecified atom stereocenters. The van der Waals surface area contributed by atoms with E-state index in [1.54, 1.807) is 0 Å². The van der Waals surface area contributed by atoms with Crippen molar-refractivity contribution >= 4 is 57.1 Å². The SMILES string of the molecule is COC(=O)CCc1c(CC(=O)OC)c2cc3nc(cc4nc(cc5[nH]c(cc1[nH]2)c(CCC(=O)OC)c5CC(=O)OC)C(C)(C)C4CC(O)CO)C(C)=C3C. The van der Waals surface area contributed by atoms with Gasteiger partial charge in [-0.15, -0.1) is 0 Å². The maximum absolute atomic E-state index is 13.0. The van der Waals surface area contributed by atoms with Crippen LogP contribution in [-0.2, 0) is 69.2 Å². The summed E-state index contributed by atoms with van der Waals surface area (Å²) in [5, 5.41) is 20.5. The van der Waals surface area contributed by atoms with E-state index in [1.807, 2.05) is 52.0 Å². The van der Waals surface area contributed by atoms with Crippen LogP contribution >= 0.6 is 0 Å². The highest BCUT2D eigenvalue weighted by atomic mass is 16.5. The van der Waals surface area contributed by atoms with Gasteiger partial charge in [-0.2, -0.15) is 0 Å². The van der Waals surface area contributed by atoms with Crippen LogP contribution in [0.25, 0.3) is 33.2 Å². The Bertz CT molecular complexity index is 2200. The lowest BCUT2D eigenvalue weighted by Gasteiger charge is -2.28. The molecular weight excluding hydrogens is 708 g/mol. The van der Waals surface area contributed by atoms with Crippen LogP contribution in [0, 0.1) is 0 Å². The lowest BCUT2D eigenvalue weighted by atomic mass is 9.74. The summed E-state index contributed by atoms with van der Waals surface area (Å²) in [4.78, 5) is 68.0. The number of fused-ring (bicyclic) bond motifs is 8. The number of esters is 4. The van der Waals surface area contributed by atoms with Gasteiger partial charge in [0.1, 0.15) is 0 Å². The van der Waals surface area contributed by atoms with Crippen molar-refractivity contribution < 1.29 is 48.3 Å². The molecule has 2 atom stereocenters. The number of aliphatic hydroxyl groups is 2. The monoisotopic (exact) mass is 758 g/mol. The van der Waals surface area contributed by atoms with Gasteiger partial charge in [-0.1, -0.05) is 13.8 Å². The summed E-state index contributed by atoms with van der Waals surface area (Å²) in [7, 11) is 5.24. The standard InChI is InChI=1S/C41H50N4O10/c1-21-22(2)30-17-35-28(13-23(47)20-46)41(3,4)36(45-35)19-34-27(15-40(51)55-8)25(10-12-38(49)53-6)32(44-34)18-31-24(9-11-37(48)52-5)26(14-39(50)54-7)33(43-31)16-29(21)42-30/h16-19,23,28,43-44,46-47H,9-15,20H2,1-8H3. The molecule has 5 rings (SSSR count). The number of allylic oxidation sites excluding steroid dienone is 2. The molecule has 0 fully saturated rings. The largest absolute Gasteiger partial charge is 0.469 e. The molecule has 4 N–H and O–H groups in total. The molecule has 3 aromatic rings. The highest BCUT2D eigenvalue weighted by Crippen LogP contribution is 2.45. The highest BCUT2D eigenvalue weighted by Gasteiger charge is 2.40. The van der Waals surface area contributed by atoms with E-state index in [-0.39, 0.29) is 50.9 Å². The Hall–Kier alpha value is -5.34. The van der Waals surface area contributed by atoms with Gasteiger partial charge in [0, 0.05) is 57.6 Å². The molecule has 294 valence electrons. The van der Waals surface area contributed by atoms with Crippen LogP contribution in [0.1, 0.15) is 97.9 Å². The number of hydrogen-bond donors (Lipinski definition) is 4. The van der Waals surface area contributed by atoms with Gasteiger partial charge in [-0.3, -0.25) is 24.2 Å². The number of aryl methyl sites for hydroxylation is 2. The van der Waals surface area contributed by atoms with E-state index in [2.05, 4.69) is 9.97 Å². The van der Waals surface area contributed by atoms with Gasteiger partial charge in [0.25, 0.3) is 0 Å². The van der Waals surface area contributed by atoms with Gasteiger partial charge in [0.15, 0.2) is 0 Å². The summed E-state index contributed by atoms with van der Waals surface area (Å²) in [6.07, 6.45) is -0.536. The van der Waals surface area contributed by atoms with E-state index in [4.69, 9.17) is 28.9 Å². The van der Waals surface area contributed by atoms with Crippen molar-refractivity contribution in [2.75, 3.05) is 35.0 Å². The normalized spacial score (nSPS) is 15.4. The Kier molecular flexibility index (Phi) is 12.6. The summed E-state index contributed by atoms with van der Waals surface area (Å²) >= 11 is 0. The number of ether oxygens (including phenoxy) is 4. The number of nitrogens with zero attached hydrogens (tertiary/aromatic N) is 2. The zero-order valence-corrected chi connectivity index (χ0v) is 32.7. The van der Waals surface area contributed by atoms with Crippen molar-refractivity contribution in [2.45, 2.75) is 90.1 Å². The molecule has 0 saturated heterocycles. The van der Waals surface area contributed by atoms with Crippen LogP contribution in [0.5, 0.6) is 0 Å². The quantitative estimate of drug-likeness (QED) is 0.138. The molecule has 0 spiro atoms. The fourth-order valence-electron chi connectivity index (χ4n) is 7.34. The van der Waals surface area contributed by atoms with Gasteiger partial charge in [-0.05, 0) is 90.8 Å². The molecule has 0 radical (unpaired) electrons. The first-order chi connectivity index (χ1) is 26.1. The summed E-state index contributed by atoms with van der Waals surface area (Å²) < 4.78 is 20.2. The Morgan fingerprint density at radius 2 is 1.15 bits per heavy atom. The minimum Gasteiger partial charge on any atom is -0.469 e. The lowest BCUT2D eigenvalue weighted by Crippen LogP contribution is -2.27. The number of H-pyrrole nitrogens is 2. The van der Waals surface area contributed by atoms with Gasteiger partial charge in [-0.25, -0.2) is 4.98 Å². The number of hydrogen-bond acceptors (Lipinski definition) is 12. The third-order valence-electron chi connectivity index (χ3n) is 10.8. The van der Waals surface area contributed by atoms with E-state index in [1.165, 1.54) is 28.4 Å². The lowest BCUT2D eigenvalue weighted by molar-refractivity contribution is -0.141. The van der Waals surface area contributed by atoms with Gasteiger partial charge in [0.05, 0.1) is 65.4 Å². The maximum Gasteiger partial charge on any atom is 0.310 e. The summed E-state index contributed by atoms with van der Waals surface area (Å²) in [5.41, 5.74) is 8.65. The zero-order valence-electron chi connectivity index (χ0n) is 32.7. The van der Waals surface area contributed by atoms with Crippen LogP contribution in [-0.4, -0.2) is 95.2 Å². The molecule has 55 heavy (non-hydrogen) atoms. The number of carbonyl (C=O) groups is 4. The van der Waals surface area contributed by atoms with Crippen molar-refractivity contribution in [1.82, 2.24) is 19.9 Å². The van der Waals surface area contributed by atoms with Crippen molar-refractivity contribution in [2.24, 2.45) is 0 Å². The van der Waals surface area contributed by atoms with Gasteiger partial charge < -0.3 is 39.1 Å². The predicted octanol–water partition coefficient (Wildman–Crippen LogP) is 4.71. The van der Waals surface area contributed by atoms with Crippen molar-refractivity contribution in [1.29, 1.82) is 0 Å². The van der Waals surface area contributed by atoms with Gasteiger partial charge >= 0.3 is 23.9 Å². The van der Waals surface area contributed by atoms with Crippen molar-refractivity contribution in [3.05, 3.63) is 69.3 Å². The number of nitrogens with one attached hydrogen (secondary N) is 2. The van der Waals surface area contributed by atoms with E-state index >= 15 is 0 Å². The number of aliphatic hydroxyl groups excluding tert-OH is 2. The molecule has 2 aliphatic rings. The molecule has 0 amide bonds. The Balaban J connectivity index is 2.00. The molecule has 0 aromatic carbocycles. The van der Waals surface area contributed by atoms with E-state index in [0.717, 1.165) is 11.1 Å². The average molecular weight is 759 g/mol. The average Bonchev–Trinajstić information content (AvgIpc) is 3.81. The fraction of sp³-hybridized carbons (Fsp3) is 0.463.